The van der Waals surface area contributed by atoms with Gasteiger partial charge in [-0.25, -0.2) is 9.18 Å². The predicted molar refractivity (Wildman–Crippen MR) is 66.1 cm³/mol. The van der Waals surface area contributed by atoms with E-state index in [1.165, 1.54) is 30.3 Å². The third-order valence-electron chi connectivity index (χ3n) is 2.40. The van der Waals surface area contributed by atoms with E-state index in [-0.39, 0.29) is 5.57 Å². The number of carboxylic acids is 1. The maximum absolute atomic E-state index is 12.8. The van der Waals surface area contributed by atoms with Crippen molar-refractivity contribution in [2.45, 2.75) is 0 Å². The number of carbonyl (C=O) groups is 1. The van der Waals surface area contributed by atoms with Gasteiger partial charge in [0, 0.05) is 12.4 Å². The Kier molecular flexibility index (Phi) is 3.48. The summed E-state index contributed by atoms with van der Waals surface area (Å²) in [6.45, 7) is 0. The van der Waals surface area contributed by atoms with Crippen LogP contribution in [0.4, 0.5) is 4.39 Å². The van der Waals surface area contributed by atoms with Crippen molar-refractivity contribution in [2.24, 2.45) is 0 Å². The predicted octanol–water partition coefficient (Wildman–Crippen LogP) is 2.85. The minimum Gasteiger partial charge on any atom is -0.478 e. The molecular weight excluding hydrogens is 233 g/mol. The Morgan fingerprint density at radius 2 is 1.72 bits per heavy atom. The summed E-state index contributed by atoms with van der Waals surface area (Å²) in [5.74, 6) is -1.45. The molecule has 1 N–H and O–H groups in total. The summed E-state index contributed by atoms with van der Waals surface area (Å²) in [5, 5.41) is 9.18. The number of pyridine rings is 1. The van der Waals surface area contributed by atoms with E-state index in [1.807, 2.05) is 0 Å². The zero-order valence-electron chi connectivity index (χ0n) is 9.38. The molecule has 0 spiro atoms. The van der Waals surface area contributed by atoms with Crippen molar-refractivity contribution in [2.75, 3.05) is 0 Å². The van der Waals surface area contributed by atoms with Crippen LogP contribution in [0.5, 0.6) is 0 Å². The smallest absolute Gasteiger partial charge is 0.336 e. The van der Waals surface area contributed by atoms with Gasteiger partial charge in [0.15, 0.2) is 0 Å². The molecule has 3 nitrogen and oxygen atoms in total. The maximum atomic E-state index is 12.8. The number of aliphatic carboxylic acids is 1. The van der Waals surface area contributed by atoms with E-state index in [9.17, 15) is 14.3 Å². The third kappa shape index (κ3) is 2.79. The van der Waals surface area contributed by atoms with Crippen LogP contribution in [-0.2, 0) is 4.79 Å². The molecule has 0 saturated heterocycles. The van der Waals surface area contributed by atoms with Crippen LogP contribution >= 0.6 is 0 Å². The molecule has 1 aromatic carbocycles. The van der Waals surface area contributed by atoms with Crippen molar-refractivity contribution in [3.63, 3.8) is 0 Å². The van der Waals surface area contributed by atoms with Crippen LogP contribution in [0.2, 0.25) is 0 Å². The molecule has 0 aliphatic heterocycles. The van der Waals surface area contributed by atoms with Crippen molar-refractivity contribution < 1.29 is 14.3 Å². The molecule has 0 aliphatic carbocycles. The lowest BCUT2D eigenvalue weighted by molar-refractivity contribution is -0.130. The molecule has 0 radical (unpaired) electrons. The topological polar surface area (TPSA) is 50.2 Å². The molecule has 4 heteroatoms. The van der Waals surface area contributed by atoms with Crippen molar-refractivity contribution in [1.29, 1.82) is 0 Å². The van der Waals surface area contributed by atoms with Gasteiger partial charge in [-0.3, -0.25) is 4.98 Å². The van der Waals surface area contributed by atoms with Gasteiger partial charge in [0.25, 0.3) is 0 Å². The number of nitrogens with zero attached hydrogens (tertiary/aromatic N) is 1. The maximum Gasteiger partial charge on any atom is 0.336 e. The summed E-state index contributed by atoms with van der Waals surface area (Å²) in [6.07, 6.45) is 4.68. The fraction of sp³-hybridized carbons (Fsp3) is 0. The van der Waals surface area contributed by atoms with Crippen LogP contribution in [0.25, 0.3) is 11.6 Å². The molecular formula is C14H10FNO2. The van der Waals surface area contributed by atoms with E-state index in [0.717, 1.165) is 5.56 Å². The zero-order chi connectivity index (χ0) is 13.0. The van der Waals surface area contributed by atoms with E-state index in [1.54, 1.807) is 24.5 Å². The molecule has 0 atom stereocenters. The molecule has 0 unspecified atom stereocenters. The minimum absolute atomic E-state index is 0.112. The first kappa shape index (κ1) is 12.0. The Morgan fingerprint density at radius 1 is 1.11 bits per heavy atom. The standard InChI is InChI=1S/C14H10FNO2/c15-12-3-1-11(2-4-12)13(14(17)18)9-10-5-7-16-8-6-10/h1-9H,(H,17,18). The summed E-state index contributed by atoms with van der Waals surface area (Å²) in [6, 6.07) is 8.75. The second kappa shape index (κ2) is 5.23. The van der Waals surface area contributed by atoms with Crippen LogP contribution in [0.3, 0.4) is 0 Å². The number of hydrogen-bond acceptors (Lipinski definition) is 2. The van der Waals surface area contributed by atoms with Crippen LogP contribution in [-0.4, -0.2) is 16.1 Å². The Hall–Kier alpha value is -2.49. The van der Waals surface area contributed by atoms with E-state index in [4.69, 9.17) is 0 Å². The molecule has 2 aromatic rings. The lowest BCUT2D eigenvalue weighted by Crippen LogP contribution is -1.99. The highest BCUT2D eigenvalue weighted by molar-refractivity contribution is 6.20. The minimum atomic E-state index is -1.06. The highest BCUT2D eigenvalue weighted by Crippen LogP contribution is 2.18. The van der Waals surface area contributed by atoms with E-state index in [0.29, 0.717) is 5.56 Å². The first-order chi connectivity index (χ1) is 8.66. The van der Waals surface area contributed by atoms with Crippen molar-refractivity contribution >= 4 is 17.6 Å². The van der Waals surface area contributed by atoms with Gasteiger partial charge in [-0.05, 0) is 41.5 Å². The van der Waals surface area contributed by atoms with Gasteiger partial charge in [0.05, 0.1) is 5.57 Å². The molecule has 0 bridgehead atoms. The summed E-state index contributed by atoms with van der Waals surface area (Å²) in [7, 11) is 0. The molecule has 18 heavy (non-hydrogen) atoms. The van der Waals surface area contributed by atoms with E-state index >= 15 is 0 Å². The summed E-state index contributed by atoms with van der Waals surface area (Å²) < 4.78 is 12.8. The summed E-state index contributed by atoms with van der Waals surface area (Å²) >= 11 is 0. The molecule has 0 saturated carbocycles. The molecule has 1 heterocycles. The normalized spacial score (nSPS) is 11.3. The summed E-state index contributed by atoms with van der Waals surface area (Å²) in [5.41, 5.74) is 1.30. The van der Waals surface area contributed by atoms with Gasteiger partial charge in [0.2, 0.25) is 0 Å². The molecule has 0 aliphatic rings. The average molecular weight is 243 g/mol. The SMILES string of the molecule is O=C(O)C(=Cc1ccncc1)c1ccc(F)cc1. The Labute approximate surface area is 103 Å². The second-order valence-corrected chi connectivity index (χ2v) is 3.65. The van der Waals surface area contributed by atoms with Crippen LogP contribution in [0.15, 0.2) is 48.8 Å². The highest BCUT2D eigenvalue weighted by Gasteiger charge is 2.10. The number of rotatable bonds is 3. The van der Waals surface area contributed by atoms with Crippen molar-refractivity contribution in [1.82, 2.24) is 4.98 Å². The quantitative estimate of drug-likeness (QED) is 0.843. The van der Waals surface area contributed by atoms with Crippen molar-refractivity contribution in [3.05, 3.63) is 65.7 Å². The Morgan fingerprint density at radius 3 is 2.28 bits per heavy atom. The fourth-order valence-electron chi connectivity index (χ4n) is 1.52. The molecule has 90 valence electrons. The number of carboxylic acid groups (broad SMARTS) is 1. The Bertz CT molecular complexity index is 577. The number of aromatic nitrogens is 1. The van der Waals surface area contributed by atoms with Crippen LogP contribution in [0.1, 0.15) is 11.1 Å². The monoisotopic (exact) mass is 243 g/mol. The third-order valence-corrected chi connectivity index (χ3v) is 2.40. The average Bonchev–Trinajstić information content (AvgIpc) is 2.38. The number of halogens is 1. The first-order valence-electron chi connectivity index (χ1n) is 5.28. The van der Waals surface area contributed by atoms with Crippen molar-refractivity contribution in [3.8, 4) is 0 Å². The highest BCUT2D eigenvalue weighted by atomic mass is 19.1. The van der Waals surface area contributed by atoms with Crippen LogP contribution in [0, 0.1) is 5.82 Å². The first-order valence-corrected chi connectivity index (χ1v) is 5.28. The van der Waals surface area contributed by atoms with Gasteiger partial charge < -0.3 is 5.11 Å². The van der Waals surface area contributed by atoms with Gasteiger partial charge in [-0.2, -0.15) is 0 Å². The van der Waals surface area contributed by atoms with E-state index < -0.39 is 11.8 Å². The largest absolute Gasteiger partial charge is 0.478 e. The summed E-state index contributed by atoms with van der Waals surface area (Å²) in [4.78, 5) is 15.1. The van der Waals surface area contributed by atoms with Gasteiger partial charge >= 0.3 is 5.97 Å². The van der Waals surface area contributed by atoms with Gasteiger partial charge in [-0.1, -0.05) is 12.1 Å². The Balaban J connectivity index is 2.44. The van der Waals surface area contributed by atoms with Gasteiger partial charge in [0.1, 0.15) is 5.82 Å². The lowest BCUT2D eigenvalue weighted by Gasteiger charge is -2.03. The zero-order valence-corrected chi connectivity index (χ0v) is 9.38. The molecule has 0 fully saturated rings. The number of benzene rings is 1. The lowest BCUT2D eigenvalue weighted by atomic mass is 10.0. The van der Waals surface area contributed by atoms with Gasteiger partial charge in [-0.15, -0.1) is 0 Å². The second-order valence-electron chi connectivity index (χ2n) is 3.65. The number of hydrogen-bond donors (Lipinski definition) is 1. The molecule has 2 rings (SSSR count). The molecule has 0 amide bonds. The van der Waals surface area contributed by atoms with Crippen LogP contribution < -0.4 is 0 Å². The molecule has 1 aromatic heterocycles. The fourth-order valence-corrected chi connectivity index (χ4v) is 1.52. The van der Waals surface area contributed by atoms with E-state index in [2.05, 4.69) is 4.98 Å².